The number of carbonyl (C=O) groups is 3. The summed E-state index contributed by atoms with van der Waals surface area (Å²) in [5.74, 6) is 0.173. The molecule has 1 fully saturated rings. The molecule has 2 unspecified atom stereocenters. The Morgan fingerprint density at radius 2 is 1.84 bits per heavy atom. The van der Waals surface area contributed by atoms with Gasteiger partial charge >= 0.3 is 12.1 Å². The van der Waals surface area contributed by atoms with E-state index < -0.39 is 6.09 Å². The number of rotatable bonds is 10. The molecule has 0 saturated carbocycles. The summed E-state index contributed by atoms with van der Waals surface area (Å²) in [6.07, 6.45) is 3.75. The number of likely N-dealkylation sites (tertiary alicyclic amines) is 1. The third-order valence-corrected chi connectivity index (χ3v) is 6.73. The number of benzene rings is 2. The van der Waals surface area contributed by atoms with Crippen LogP contribution in [-0.2, 0) is 14.3 Å². The van der Waals surface area contributed by atoms with Crippen molar-refractivity contribution in [3.05, 3.63) is 54.1 Å². The summed E-state index contributed by atoms with van der Waals surface area (Å²) >= 11 is 0. The van der Waals surface area contributed by atoms with Crippen LogP contribution in [0, 0.1) is 5.41 Å². The summed E-state index contributed by atoms with van der Waals surface area (Å²) in [4.78, 5) is 38.1. The van der Waals surface area contributed by atoms with Gasteiger partial charge in [0, 0.05) is 18.4 Å². The number of unbranched alkanes of at least 4 members (excludes halogenated alkanes) is 2. The average molecular weight is 511 g/mol. The molecule has 0 bridgehead atoms. The van der Waals surface area contributed by atoms with E-state index in [0.717, 1.165) is 17.2 Å². The van der Waals surface area contributed by atoms with E-state index in [-0.39, 0.29) is 36.0 Å². The second-order valence-corrected chi connectivity index (χ2v) is 10.5. The standard InChI is InChI=1S/C29H38N2O6/c1-29(2,3)26-23(17-18-31(26)28(34)35)30-27(33)21(12-6-5-7-16-25(32)36-4)19-37-24-15-10-13-20-11-8-9-14-22(20)24/h8-15,23,26H,5-7,16-19H2,1-4H3,(H,30,33)(H,34,35). The fourth-order valence-electron chi connectivity index (χ4n) is 4.98. The number of esters is 1. The van der Waals surface area contributed by atoms with Gasteiger partial charge in [0.1, 0.15) is 12.4 Å². The molecule has 3 rings (SSSR count). The van der Waals surface area contributed by atoms with E-state index in [2.05, 4.69) is 5.32 Å². The van der Waals surface area contributed by atoms with Gasteiger partial charge in [0.2, 0.25) is 0 Å². The SMILES string of the molecule is COC(=O)CCCCC=C(COc1cccc2ccccc12)C(=O)NC1CCN(C(=O)O)C1C(C)(C)C. The van der Waals surface area contributed by atoms with Gasteiger partial charge in [-0.05, 0) is 42.6 Å². The first-order valence-electron chi connectivity index (χ1n) is 12.8. The highest BCUT2D eigenvalue weighted by molar-refractivity contribution is 5.94. The third-order valence-electron chi connectivity index (χ3n) is 6.73. The third kappa shape index (κ3) is 7.47. The predicted octanol–water partition coefficient (Wildman–Crippen LogP) is 5.16. The van der Waals surface area contributed by atoms with E-state index in [0.29, 0.717) is 43.6 Å². The van der Waals surface area contributed by atoms with Crippen molar-refractivity contribution in [2.75, 3.05) is 20.3 Å². The second-order valence-electron chi connectivity index (χ2n) is 10.5. The van der Waals surface area contributed by atoms with E-state index in [9.17, 15) is 19.5 Å². The number of carboxylic acid groups (broad SMARTS) is 1. The highest BCUT2D eigenvalue weighted by Crippen LogP contribution is 2.33. The van der Waals surface area contributed by atoms with Gasteiger partial charge in [0.25, 0.3) is 5.91 Å². The van der Waals surface area contributed by atoms with Gasteiger partial charge in [0.15, 0.2) is 0 Å². The van der Waals surface area contributed by atoms with Gasteiger partial charge in [-0.1, -0.05) is 63.2 Å². The molecule has 200 valence electrons. The lowest BCUT2D eigenvalue weighted by atomic mass is 9.82. The lowest BCUT2D eigenvalue weighted by Crippen LogP contribution is -2.53. The Bertz CT molecular complexity index is 1130. The largest absolute Gasteiger partial charge is 0.488 e. The number of amides is 2. The topological polar surface area (TPSA) is 105 Å². The average Bonchev–Trinajstić information content (AvgIpc) is 3.30. The fourth-order valence-corrected chi connectivity index (χ4v) is 4.98. The van der Waals surface area contributed by atoms with Crippen LogP contribution >= 0.6 is 0 Å². The highest BCUT2D eigenvalue weighted by Gasteiger charge is 2.44. The number of ether oxygens (including phenoxy) is 2. The van der Waals surface area contributed by atoms with Crippen LogP contribution in [0.4, 0.5) is 4.79 Å². The van der Waals surface area contributed by atoms with Gasteiger partial charge in [-0.15, -0.1) is 0 Å². The molecule has 8 nitrogen and oxygen atoms in total. The minimum Gasteiger partial charge on any atom is -0.488 e. The smallest absolute Gasteiger partial charge is 0.407 e. The molecular formula is C29H38N2O6. The Morgan fingerprint density at radius 1 is 1.11 bits per heavy atom. The van der Waals surface area contributed by atoms with Crippen LogP contribution in [0.5, 0.6) is 5.75 Å². The van der Waals surface area contributed by atoms with Crippen LogP contribution in [0.1, 0.15) is 52.9 Å². The molecule has 0 aromatic heterocycles. The Balaban J connectivity index is 1.75. The summed E-state index contributed by atoms with van der Waals surface area (Å²) in [6.45, 7) is 6.41. The number of hydrogen-bond acceptors (Lipinski definition) is 5. The van der Waals surface area contributed by atoms with Gasteiger partial charge in [0.05, 0.1) is 24.8 Å². The zero-order chi connectivity index (χ0) is 27.0. The van der Waals surface area contributed by atoms with Crippen LogP contribution < -0.4 is 10.1 Å². The molecule has 1 heterocycles. The molecule has 1 aliphatic rings. The molecule has 2 amide bonds. The maximum atomic E-state index is 13.5. The first-order valence-corrected chi connectivity index (χ1v) is 12.8. The van der Waals surface area contributed by atoms with Crippen LogP contribution in [0.3, 0.4) is 0 Å². The first-order chi connectivity index (χ1) is 17.6. The molecule has 1 saturated heterocycles. The molecular weight excluding hydrogens is 472 g/mol. The summed E-state index contributed by atoms with van der Waals surface area (Å²) in [7, 11) is 1.37. The zero-order valence-electron chi connectivity index (χ0n) is 22.2. The Kier molecular flexibility index (Phi) is 9.55. The Hall–Kier alpha value is -3.55. The molecule has 8 heteroatoms. The van der Waals surface area contributed by atoms with Crippen LogP contribution in [0.15, 0.2) is 54.1 Å². The number of methoxy groups -OCH3 is 1. The second kappa shape index (κ2) is 12.6. The fraction of sp³-hybridized carbons (Fsp3) is 0.483. The predicted molar refractivity (Wildman–Crippen MR) is 143 cm³/mol. The lowest BCUT2D eigenvalue weighted by Gasteiger charge is -2.37. The van der Waals surface area contributed by atoms with Crippen molar-refractivity contribution in [2.45, 2.75) is 65.0 Å². The van der Waals surface area contributed by atoms with Gasteiger partial charge in [-0.2, -0.15) is 0 Å². The van der Waals surface area contributed by atoms with Gasteiger partial charge in [-0.3, -0.25) is 9.59 Å². The van der Waals surface area contributed by atoms with E-state index in [1.807, 2.05) is 69.3 Å². The molecule has 0 spiro atoms. The first kappa shape index (κ1) is 28.0. The molecule has 2 atom stereocenters. The van der Waals surface area contributed by atoms with E-state index in [1.165, 1.54) is 12.0 Å². The molecule has 0 radical (unpaired) electrons. The monoisotopic (exact) mass is 510 g/mol. The van der Waals surface area contributed by atoms with E-state index in [1.54, 1.807) is 0 Å². The molecule has 37 heavy (non-hydrogen) atoms. The Morgan fingerprint density at radius 3 is 2.54 bits per heavy atom. The zero-order valence-corrected chi connectivity index (χ0v) is 22.2. The van der Waals surface area contributed by atoms with Crippen molar-refractivity contribution in [2.24, 2.45) is 5.41 Å². The van der Waals surface area contributed by atoms with Crippen LogP contribution in [0.25, 0.3) is 10.8 Å². The normalized spacial score (nSPS) is 18.1. The van der Waals surface area contributed by atoms with Gasteiger partial charge in [-0.25, -0.2) is 4.79 Å². The van der Waals surface area contributed by atoms with Crippen molar-refractivity contribution in [1.82, 2.24) is 10.2 Å². The van der Waals surface area contributed by atoms with Crippen molar-refractivity contribution in [1.29, 1.82) is 0 Å². The number of allylic oxidation sites excluding steroid dienone is 1. The van der Waals surface area contributed by atoms with Crippen molar-refractivity contribution in [3.8, 4) is 5.75 Å². The summed E-state index contributed by atoms with van der Waals surface area (Å²) < 4.78 is 10.8. The molecule has 0 aliphatic carbocycles. The van der Waals surface area contributed by atoms with Crippen molar-refractivity contribution < 1.29 is 29.0 Å². The van der Waals surface area contributed by atoms with E-state index in [4.69, 9.17) is 9.47 Å². The van der Waals surface area contributed by atoms with Crippen LogP contribution in [-0.4, -0.2) is 60.3 Å². The number of nitrogens with one attached hydrogen (secondary N) is 1. The van der Waals surface area contributed by atoms with Crippen LogP contribution in [0.2, 0.25) is 0 Å². The summed E-state index contributed by atoms with van der Waals surface area (Å²) in [6, 6.07) is 13.1. The van der Waals surface area contributed by atoms with Crippen molar-refractivity contribution in [3.63, 3.8) is 0 Å². The minimum atomic E-state index is -0.975. The maximum Gasteiger partial charge on any atom is 0.407 e. The van der Waals surface area contributed by atoms with Gasteiger partial charge < -0.3 is 24.8 Å². The number of fused-ring (bicyclic) bond motifs is 1. The minimum absolute atomic E-state index is 0.0758. The van der Waals surface area contributed by atoms with Crippen molar-refractivity contribution >= 4 is 28.7 Å². The molecule has 2 aromatic carbocycles. The maximum absolute atomic E-state index is 13.5. The number of hydrogen-bond donors (Lipinski definition) is 2. The number of nitrogens with zero attached hydrogens (tertiary/aromatic N) is 1. The lowest BCUT2D eigenvalue weighted by molar-refractivity contribution is -0.140. The summed E-state index contributed by atoms with van der Waals surface area (Å²) in [5.41, 5.74) is 0.136. The molecule has 2 aromatic rings. The number of carbonyl (C=O) groups excluding carboxylic acids is 2. The quantitative estimate of drug-likeness (QED) is 0.260. The Labute approximate surface area is 218 Å². The highest BCUT2D eigenvalue weighted by atomic mass is 16.5. The van der Waals surface area contributed by atoms with E-state index >= 15 is 0 Å². The molecule has 1 aliphatic heterocycles. The molecule has 2 N–H and O–H groups in total. The summed E-state index contributed by atoms with van der Waals surface area (Å²) in [5, 5.41) is 14.8.